The number of fused-ring (bicyclic) bond motifs is 19. The number of rotatable bonds is 22. The van der Waals surface area contributed by atoms with Crippen molar-refractivity contribution in [2.75, 3.05) is 69.8 Å². The van der Waals surface area contributed by atoms with Crippen LogP contribution in [0.5, 0.6) is 5.75 Å². The molecule has 0 bridgehead atoms. The number of hydrogen-bond acceptors (Lipinski definition) is 31. The van der Waals surface area contributed by atoms with E-state index in [1.54, 1.807) is 80.5 Å². The first kappa shape index (κ1) is 95.8. The molecule has 22 aromatic rings. The maximum Gasteiger partial charge on any atom is 0.166 e. The van der Waals surface area contributed by atoms with Crippen molar-refractivity contribution in [3.05, 3.63) is 217 Å². The summed E-state index contributed by atoms with van der Waals surface area (Å²) in [5.74, 6) is 10.6. The molecule has 3 aliphatic rings. The van der Waals surface area contributed by atoms with E-state index < -0.39 is 0 Å². The van der Waals surface area contributed by atoms with Crippen molar-refractivity contribution in [3.63, 3.8) is 0 Å². The quantitative estimate of drug-likeness (QED) is 0.0304. The van der Waals surface area contributed by atoms with Gasteiger partial charge in [0.2, 0.25) is 0 Å². The molecule has 2 fully saturated rings. The lowest BCUT2D eigenvalue weighted by molar-refractivity contribution is 0.271. The maximum absolute atomic E-state index is 9.40. The molecule has 30 nitrogen and oxygen atoms in total. The number of hydrogen-bond donors (Lipinski definition) is 9. The minimum Gasteiger partial charge on any atom is -0.493 e. The molecule has 1 saturated carbocycles. The Morgan fingerprint density at radius 3 is 1.08 bits per heavy atom. The fourth-order valence-corrected chi connectivity index (χ4v) is 28.4. The van der Waals surface area contributed by atoms with E-state index in [4.69, 9.17) is 48.8 Å². The van der Waals surface area contributed by atoms with Gasteiger partial charge in [0.15, 0.2) is 34.9 Å². The zero-order valence-electron chi connectivity index (χ0n) is 81.6. The van der Waals surface area contributed by atoms with Crippen molar-refractivity contribution < 1.29 is 28.9 Å². The first-order chi connectivity index (χ1) is 68.4. The summed E-state index contributed by atoms with van der Waals surface area (Å²) in [6.07, 6.45) is 10.5. The van der Waals surface area contributed by atoms with E-state index in [9.17, 15) is 15.3 Å². The summed E-state index contributed by atoms with van der Waals surface area (Å²) >= 11 is 12.1. The van der Waals surface area contributed by atoms with Crippen LogP contribution in [0.4, 0.5) is 34.9 Å². The second kappa shape index (κ2) is 41.1. The first-order valence-electron chi connectivity index (χ1n) is 47.6. The number of benzene rings is 2. The number of ether oxygens (including phenoxy) is 1. The van der Waals surface area contributed by atoms with Gasteiger partial charge in [-0.1, -0.05) is 61.4 Å². The lowest BCUT2D eigenvalue weighted by Crippen LogP contribution is -2.18. The monoisotopic (exact) mass is 2020 g/mol. The van der Waals surface area contributed by atoms with Gasteiger partial charge < -0.3 is 60.8 Å². The fraction of sp³-hybridized carbons (Fsp3) is 0.346. The van der Waals surface area contributed by atoms with Gasteiger partial charge in [0, 0.05) is 131 Å². The third-order valence-electron chi connectivity index (χ3n) is 25.7. The number of thioether (sulfide) groups is 1. The number of nitrogens with one attached hydrogen (secondary N) is 6. The summed E-state index contributed by atoms with van der Waals surface area (Å²) in [5.41, 5.74) is 24.1. The van der Waals surface area contributed by atoms with Crippen molar-refractivity contribution in [3.8, 4) is 5.75 Å². The van der Waals surface area contributed by atoms with Crippen molar-refractivity contribution in [1.82, 2.24) is 88.6 Å². The topological polar surface area (TPSA) is 353 Å². The zero-order valence-corrected chi connectivity index (χ0v) is 87.3. The lowest BCUT2D eigenvalue weighted by atomic mass is 10.1. The Morgan fingerprint density at radius 2 is 0.709 bits per heavy atom. The fourth-order valence-electron chi connectivity index (χ4n) is 19.6. The second-order valence-electron chi connectivity index (χ2n) is 36.4. The highest BCUT2D eigenvalue weighted by Gasteiger charge is 2.29. The van der Waals surface area contributed by atoms with Crippen LogP contribution in [0.25, 0.3) is 123 Å². The smallest absolute Gasteiger partial charge is 0.166 e. The Hall–Kier alpha value is -12.7. The van der Waals surface area contributed by atoms with Gasteiger partial charge in [-0.3, -0.25) is 28.1 Å². The summed E-state index contributed by atoms with van der Waals surface area (Å²) in [5, 5.41) is 84.3. The molecule has 1 unspecified atom stereocenters. The summed E-state index contributed by atoms with van der Waals surface area (Å²) in [6.45, 7) is 30.1. The summed E-state index contributed by atoms with van der Waals surface area (Å²) in [4.78, 5) is 34.5. The van der Waals surface area contributed by atoms with Gasteiger partial charge in [0.1, 0.15) is 46.3 Å². The van der Waals surface area contributed by atoms with Crippen molar-refractivity contribution in [1.29, 1.82) is 0 Å². The molecule has 1 aliphatic carbocycles. The summed E-state index contributed by atoms with van der Waals surface area (Å²) in [6, 6.07) is 38.1. The number of aliphatic hydroxyl groups is 3. The number of thiophene rings is 6. The van der Waals surface area contributed by atoms with Crippen LogP contribution >= 0.6 is 79.8 Å². The third kappa shape index (κ3) is 19.5. The Balaban J connectivity index is 0.000000104. The van der Waals surface area contributed by atoms with E-state index in [2.05, 4.69) is 178 Å². The largest absolute Gasteiger partial charge is 0.493 e. The van der Waals surface area contributed by atoms with Crippen LogP contribution in [-0.2, 0) is 73.4 Å². The van der Waals surface area contributed by atoms with Gasteiger partial charge >= 0.3 is 0 Å². The van der Waals surface area contributed by atoms with Gasteiger partial charge in [0.05, 0.1) is 133 Å². The highest BCUT2D eigenvalue weighted by molar-refractivity contribution is 7.99. The van der Waals surface area contributed by atoms with Crippen LogP contribution in [0.3, 0.4) is 0 Å². The van der Waals surface area contributed by atoms with Gasteiger partial charge in [-0.2, -0.15) is 42.4 Å². The summed E-state index contributed by atoms with van der Waals surface area (Å²) in [7, 11) is 5.98. The minimum absolute atomic E-state index is 0.0457. The van der Waals surface area contributed by atoms with Gasteiger partial charge in [-0.25, -0.2) is 29.9 Å². The van der Waals surface area contributed by atoms with E-state index in [0.717, 1.165) is 192 Å². The Kier molecular flexibility index (Phi) is 27.9. The van der Waals surface area contributed by atoms with Crippen molar-refractivity contribution in [2.45, 2.75) is 180 Å². The van der Waals surface area contributed by atoms with Crippen LogP contribution in [0.2, 0.25) is 0 Å². The SMILES string of the molecule is Cc1cc(C)c2c(n1)sc1c(NC3CCCC3)nn(CCO)c12.Cc1cc(C)c2c(n1)sc1c(NC3CCSC3)nn(CCO)c12.Cc1cc(C)c2c(n1)sc1c(NCc3cccc4c3OCC4)nn(C)c12.Cc1cc(C)c2c(n1)sc1c(NCc3ccccc3)nn(C)c12.Cc1cc(C)c2c(n1)sc1c(NCc3ccco3)nn(C)c12.Cc1cc(C)c2c(n1)sc1c(NCc3ccco3)nn(CCO)c12. The van der Waals surface area contributed by atoms with E-state index in [0.29, 0.717) is 51.4 Å². The van der Waals surface area contributed by atoms with Gasteiger partial charge in [-0.15, -0.1) is 68.0 Å². The van der Waals surface area contributed by atoms with E-state index in [-0.39, 0.29) is 19.8 Å². The molecule has 25 rings (SSSR count). The molecule has 141 heavy (non-hydrogen) atoms. The molecule has 1 atom stereocenters. The minimum atomic E-state index is 0.0457. The number of pyridine rings is 6. The normalized spacial score (nSPS) is 13.7. The Morgan fingerprint density at radius 1 is 0.362 bits per heavy atom. The van der Waals surface area contributed by atoms with Crippen molar-refractivity contribution >= 4 is 237 Å². The van der Waals surface area contributed by atoms with Crippen LogP contribution in [0.15, 0.2) is 131 Å². The molecule has 0 amide bonds. The van der Waals surface area contributed by atoms with Crippen LogP contribution in [0, 0.1) is 83.1 Å². The van der Waals surface area contributed by atoms with Crippen LogP contribution in [0.1, 0.15) is 128 Å². The second-order valence-corrected chi connectivity index (χ2v) is 43.6. The molecule has 2 aromatic carbocycles. The number of aromatic nitrogens is 18. The third-order valence-corrected chi connectivity index (χ3v) is 33.3. The number of para-hydroxylation sites is 1. The molecule has 0 radical (unpaired) electrons. The van der Waals surface area contributed by atoms with Gasteiger partial charge in [-0.05, 0) is 213 Å². The van der Waals surface area contributed by atoms with Gasteiger partial charge in [0.25, 0.3) is 0 Å². The lowest BCUT2D eigenvalue weighted by Gasteiger charge is -2.10. The van der Waals surface area contributed by atoms with Crippen LogP contribution in [-0.4, -0.2) is 154 Å². The molecule has 37 heteroatoms. The number of aliphatic hydroxyl groups excluding tert-OH is 3. The molecular weight excluding hydrogens is 1910 g/mol. The number of aryl methyl sites for hydroxylation is 15. The standard InChI is InChI=1S/C20H20N4OS.C18H18N4S.C17H18N4O2S.C17H22N4OS.C16H20N4OS2.C16H16N4OS/c1-11-9-12(2)22-20-15(11)16-18(26-20)19(23-24(16)3)21-10-14-6-4-5-13-7-8-25-17(13)14;1-11-9-12(2)20-18-14(11)15-16(23-18)17(21-22(15)3)19-10-13-7-5-4-6-8-13;1-10-8-11(2)19-17-13(10)14-15(24-17)16(20-21(14)5-6-22)18-9-12-4-3-7-23-12;1-10-9-11(2)18-17-13(10)14-15(23-17)16(20-21(14)7-8-22)19-12-5-3-4-6-12;1-9-7-10(2)17-16-12(9)13-14(23-16)15(19-20(13)4-5-21)18-11-3-6-22-8-11;1-9-7-10(2)18-16-12(9)13-14(22-16)15(19-20(13)3)17-8-11-5-4-6-21-11/h4-6,9H,7-8,10H2,1-3H3,(H,21,23);4-9H,10H2,1-3H3,(H,19,21);3-4,7-8,22H,5-6,9H2,1-2H3,(H,18,20);9,12,22H,3-8H2,1-2H3,(H,19,20);7,11,21H,3-6,8H2,1-2H3,(H,18,19);4-7H,8H2,1-3H3,(H,17,19). The highest BCUT2D eigenvalue weighted by atomic mass is 32.2. The molecular formula is C104H114N24O6S7. The number of nitrogens with zero attached hydrogens (tertiary/aromatic N) is 18. The average Bonchev–Trinajstić information content (AvgIpc) is 1.61. The Labute approximate surface area is 842 Å². The number of furan rings is 2. The van der Waals surface area contributed by atoms with E-state index in [1.165, 1.54) is 130 Å². The molecule has 2 aliphatic heterocycles. The first-order valence-corrected chi connectivity index (χ1v) is 53.7. The molecule has 9 N–H and O–H groups in total. The average molecular weight is 2020 g/mol. The Bertz CT molecular complexity index is 8190. The van der Waals surface area contributed by atoms with E-state index in [1.807, 2.05) is 133 Å². The van der Waals surface area contributed by atoms with E-state index >= 15 is 0 Å². The maximum atomic E-state index is 9.40. The highest BCUT2D eigenvalue weighted by Crippen LogP contribution is 2.47. The molecule has 22 heterocycles. The van der Waals surface area contributed by atoms with Crippen LogP contribution < -0.4 is 36.6 Å². The molecule has 0 spiro atoms. The van der Waals surface area contributed by atoms with Crippen molar-refractivity contribution in [2.24, 2.45) is 21.1 Å². The number of anilines is 6. The predicted molar refractivity (Wildman–Crippen MR) is 583 cm³/mol. The molecule has 20 aromatic heterocycles. The molecule has 1 saturated heterocycles. The summed E-state index contributed by atoms with van der Waals surface area (Å²) < 4.78 is 35.0. The predicted octanol–water partition coefficient (Wildman–Crippen LogP) is 23.0. The zero-order chi connectivity index (χ0) is 97.7. The molecule has 728 valence electrons.